The monoisotopic (exact) mass is 248 g/mol. The van der Waals surface area contributed by atoms with Gasteiger partial charge in [0.15, 0.2) is 0 Å². The lowest BCUT2D eigenvalue weighted by Crippen LogP contribution is -2.51. The number of nitrogens with zero attached hydrogens (tertiary/aromatic N) is 1. The van der Waals surface area contributed by atoms with Gasteiger partial charge in [-0.3, -0.25) is 4.79 Å². The van der Waals surface area contributed by atoms with Crippen molar-refractivity contribution >= 4 is 11.6 Å². The molecule has 1 aliphatic rings. The van der Waals surface area contributed by atoms with Crippen LogP contribution < -0.4 is 15.0 Å². The van der Waals surface area contributed by atoms with Crippen molar-refractivity contribution in [3.8, 4) is 5.75 Å². The standard InChI is InChI=1S/C14H20N2O2/c1-4-18-13-6-5-12(7-10(13)2)16(3)14(17)11-8-15-9-11/h5-7,11,15H,4,8-9H2,1-3H3. The van der Waals surface area contributed by atoms with Crippen LogP contribution in [0.3, 0.4) is 0 Å². The number of nitrogens with one attached hydrogen (secondary N) is 1. The fraction of sp³-hybridized carbons (Fsp3) is 0.500. The summed E-state index contributed by atoms with van der Waals surface area (Å²) in [6.07, 6.45) is 0. The first-order valence-electron chi connectivity index (χ1n) is 6.35. The Bertz CT molecular complexity index is 441. The molecule has 0 atom stereocenters. The highest BCUT2D eigenvalue weighted by Gasteiger charge is 2.28. The van der Waals surface area contributed by atoms with Crippen molar-refractivity contribution in [2.45, 2.75) is 13.8 Å². The summed E-state index contributed by atoms with van der Waals surface area (Å²) in [4.78, 5) is 13.8. The minimum Gasteiger partial charge on any atom is -0.494 e. The van der Waals surface area contributed by atoms with E-state index in [0.29, 0.717) is 6.61 Å². The van der Waals surface area contributed by atoms with E-state index in [0.717, 1.165) is 30.1 Å². The molecule has 0 unspecified atom stereocenters. The molecule has 1 saturated heterocycles. The highest BCUT2D eigenvalue weighted by molar-refractivity contribution is 5.95. The summed E-state index contributed by atoms with van der Waals surface area (Å²) in [5.74, 6) is 1.19. The molecule has 4 nitrogen and oxygen atoms in total. The van der Waals surface area contributed by atoms with Crippen LogP contribution in [0.5, 0.6) is 5.75 Å². The van der Waals surface area contributed by atoms with E-state index in [9.17, 15) is 4.79 Å². The van der Waals surface area contributed by atoms with Crippen LogP contribution in [0.25, 0.3) is 0 Å². The van der Waals surface area contributed by atoms with E-state index in [1.165, 1.54) is 0 Å². The number of carbonyl (C=O) groups is 1. The molecule has 0 radical (unpaired) electrons. The van der Waals surface area contributed by atoms with Gasteiger partial charge < -0.3 is 15.0 Å². The molecule has 1 aromatic rings. The van der Waals surface area contributed by atoms with Gasteiger partial charge in [0.05, 0.1) is 12.5 Å². The SMILES string of the molecule is CCOc1ccc(N(C)C(=O)C2CNC2)cc1C. The quantitative estimate of drug-likeness (QED) is 0.879. The molecule has 1 fully saturated rings. The Morgan fingerprint density at radius 2 is 2.22 bits per heavy atom. The van der Waals surface area contributed by atoms with Gasteiger partial charge >= 0.3 is 0 Å². The zero-order valence-corrected chi connectivity index (χ0v) is 11.2. The predicted octanol–water partition coefficient (Wildman–Crippen LogP) is 1.58. The smallest absolute Gasteiger partial charge is 0.232 e. The Balaban J connectivity index is 2.12. The molecular formula is C14H20N2O2. The van der Waals surface area contributed by atoms with Gasteiger partial charge in [0, 0.05) is 25.8 Å². The molecule has 1 heterocycles. The number of aryl methyl sites for hydroxylation is 1. The van der Waals surface area contributed by atoms with Crippen LogP contribution >= 0.6 is 0 Å². The van der Waals surface area contributed by atoms with Crippen molar-refractivity contribution in [2.24, 2.45) is 5.92 Å². The van der Waals surface area contributed by atoms with E-state index >= 15 is 0 Å². The number of carbonyl (C=O) groups excluding carboxylic acids is 1. The maximum Gasteiger partial charge on any atom is 0.232 e. The van der Waals surface area contributed by atoms with Gasteiger partial charge in [0.2, 0.25) is 5.91 Å². The first kappa shape index (κ1) is 12.9. The molecule has 0 spiro atoms. The van der Waals surface area contributed by atoms with Crippen LogP contribution in [0.1, 0.15) is 12.5 Å². The summed E-state index contributed by atoms with van der Waals surface area (Å²) in [6, 6.07) is 5.86. The number of ether oxygens (including phenoxy) is 1. The summed E-state index contributed by atoms with van der Waals surface area (Å²) >= 11 is 0. The first-order valence-corrected chi connectivity index (χ1v) is 6.35. The molecule has 0 saturated carbocycles. The van der Waals surface area contributed by atoms with E-state index < -0.39 is 0 Å². The molecule has 98 valence electrons. The second-order valence-corrected chi connectivity index (χ2v) is 4.64. The molecule has 2 rings (SSSR count). The van der Waals surface area contributed by atoms with Crippen LogP contribution in [0.2, 0.25) is 0 Å². The van der Waals surface area contributed by atoms with E-state index in [1.54, 1.807) is 4.90 Å². The molecule has 0 bridgehead atoms. The van der Waals surface area contributed by atoms with Crippen molar-refractivity contribution < 1.29 is 9.53 Å². The fourth-order valence-electron chi connectivity index (χ4n) is 2.02. The summed E-state index contributed by atoms with van der Waals surface area (Å²) in [5, 5.41) is 3.12. The third-order valence-corrected chi connectivity index (χ3v) is 3.31. The highest BCUT2D eigenvalue weighted by Crippen LogP contribution is 2.25. The molecule has 1 amide bonds. The van der Waals surface area contributed by atoms with Crippen molar-refractivity contribution in [1.82, 2.24) is 5.32 Å². The first-order chi connectivity index (χ1) is 8.63. The molecule has 1 aromatic carbocycles. The van der Waals surface area contributed by atoms with E-state index in [2.05, 4.69) is 5.32 Å². The van der Waals surface area contributed by atoms with Crippen molar-refractivity contribution in [1.29, 1.82) is 0 Å². The van der Waals surface area contributed by atoms with Crippen LogP contribution in [-0.2, 0) is 4.79 Å². The zero-order valence-electron chi connectivity index (χ0n) is 11.2. The fourth-order valence-corrected chi connectivity index (χ4v) is 2.02. The largest absolute Gasteiger partial charge is 0.494 e. The Kier molecular flexibility index (Phi) is 3.87. The molecule has 0 aromatic heterocycles. The minimum atomic E-state index is 0.127. The van der Waals surface area contributed by atoms with Gasteiger partial charge in [-0.1, -0.05) is 0 Å². The average molecular weight is 248 g/mol. The lowest BCUT2D eigenvalue weighted by Gasteiger charge is -2.30. The van der Waals surface area contributed by atoms with Crippen molar-refractivity contribution in [2.75, 3.05) is 31.6 Å². The lowest BCUT2D eigenvalue weighted by molar-refractivity contribution is -0.123. The van der Waals surface area contributed by atoms with E-state index in [1.807, 2.05) is 39.1 Å². The Morgan fingerprint density at radius 3 is 2.72 bits per heavy atom. The predicted molar refractivity (Wildman–Crippen MR) is 72.1 cm³/mol. The third kappa shape index (κ3) is 2.48. The number of anilines is 1. The van der Waals surface area contributed by atoms with Gasteiger partial charge in [-0.25, -0.2) is 0 Å². The second kappa shape index (κ2) is 5.40. The minimum absolute atomic E-state index is 0.127. The number of hydrogen-bond donors (Lipinski definition) is 1. The number of amides is 1. The van der Waals surface area contributed by atoms with Gasteiger partial charge in [-0.05, 0) is 37.6 Å². The van der Waals surface area contributed by atoms with Crippen LogP contribution in [0, 0.1) is 12.8 Å². The van der Waals surface area contributed by atoms with Gasteiger partial charge in [-0.15, -0.1) is 0 Å². The highest BCUT2D eigenvalue weighted by atomic mass is 16.5. The summed E-state index contributed by atoms with van der Waals surface area (Å²) in [6.45, 7) is 6.20. The third-order valence-electron chi connectivity index (χ3n) is 3.31. The molecule has 18 heavy (non-hydrogen) atoms. The maximum atomic E-state index is 12.1. The molecular weight excluding hydrogens is 228 g/mol. The second-order valence-electron chi connectivity index (χ2n) is 4.64. The van der Waals surface area contributed by atoms with Crippen molar-refractivity contribution in [3.05, 3.63) is 23.8 Å². The number of rotatable bonds is 4. The summed E-state index contributed by atoms with van der Waals surface area (Å²) < 4.78 is 5.50. The summed E-state index contributed by atoms with van der Waals surface area (Å²) in [7, 11) is 1.83. The Hall–Kier alpha value is -1.55. The average Bonchev–Trinajstić information content (AvgIpc) is 2.28. The molecule has 0 aliphatic carbocycles. The molecule has 4 heteroatoms. The van der Waals surface area contributed by atoms with E-state index in [4.69, 9.17) is 4.74 Å². The Morgan fingerprint density at radius 1 is 1.50 bits per heavy atom. The van der Waals surface area contributed by atoms with Crippen LogP contribution in [0.4, 0.5) is 5.69 Å². The van der Waals surface area contributed by atoms with Crippen LogP contribution in [0.15, 0.2) is 18.2 Å². The zero-order chi connectivity index (χ0) is 13.1. The van der Waals surface area contributed by atoms with Gasteiger partial charge in [-0.2, -0.15) is 0 Å². The number of hydrogen-bond acceptors (Lipinski definition) is 3. The number of benzene rings is 1. The topological polar surface area (TPSA) is 41.6 Å². The Labute approximate surface area is 108 Å². The van der Waals surface area contributed by atoms with Crippen molar-refractivity contribution in [3.63, 3.8) is 0 Å². The molecule has 1 aliphatic heterocycles. The molecule has 1 N–H and O–H groups in total. The lowest BCUT2D eigenvalue weighted by atomic mass is 10.0. The normalized spacial score (nSPS) is 15.1. The van der Waals surface area contributed by atoms with Crippen LogP contribution in [-0.4, -0.2) is 32.7 Å². The maximum absolute atomic E-state index is 12.1. The van der Waals surface area contributed by atoms with E-state index in [-0.39, 0.29) is 11.8 Å². The summed E-state index contributed by atoms with van der Waals surface area (Å²) in [5.41, 5.74) is 1.98. The van der Waals surface area contributed by atoms with Gasteiger partial charge in [0.1, 0.15) is 5.75 Å². The van der Waals surface area contributed by atoms with Gasteiger partial charge in [0.25, 0.3) is 0 Å².